The Morgan fingerprint density at radius 1 is 0.938 bits per heavy atom. The Kier molecular flexibility index (Phi) is 8.40. The van der Waals surface area contributed by atoms with Gasteiger partial charge in [-0.3, -0.25) is 4.79 Å². The van der Waals surface area contributed by atoms with Gasteiger partial charge >= 0.3 is 6.18 Å². The first kappa shape index (κ1) is 24.4. The van der Waals surface area contributed by atoms with Gasteiger partial charge in [0.15, 0.2) is 5.43 Å². The monoisotopic (exact) mass is 510 g/mol. The first-order valence-electron chi connectivity index (χ1n) is 10.7. The lowest BCUT2D eigenvalue weighted by Gasteiger charge is -2.11. The van der Waals surface area contributed by atoms with Crippen molar-refractivity contribution in [1.82, 2.24) is 0 Å². The van der Waals surface area contributed by atoms with E-state index >= 15 is 0 Å². The Bertz CT molecular complexity index is 1090. The minimum absolute atomic E-state index is 0.224. The molecule has 0 saturated carbocycles. The highest BCUT2D eigenvalue weighted by Gasteiger charge is 2.30. The van der Waals surface area contributed by atoms with Crippen LogP contribution in [0.25, 0.3) is 22.3 Å². The van der Waals surface area contributed by atoms with Crippen LogP contribution in [0.5, 0.6) is 5.75 Å². The third kappa shape index (κ3) is 6.15. The van der Waals surface area contributed by atoms with Crippen LogP contribution in [0.3, 0.4) is 0 Å². The van der Waals surface area contributed by atoms with E-state index in [2.05, 4.69) is 15.9 Å². The molecule has 32 heavy (non-hydrogen) atoms. The number of hydrogen-bond acceptors (Lipinski definition) is 3. The maximum absolute atomic E-state index is 12.9. The highest BCUT2D eigenvalue weighted by Crippen LogP contribution is 2.32. The second-order valence-electron chi connectivity index (χ2n) is 7.78. The summed E-state index contributed by atoms with van der Waals surface area (Å²) in [5.74, 6) is 0.871. The van der Waals surface area contributed by atoms with Crippen molar-refractivity contribution in [3.8, 4) is 17.1 Å². The van der Waals surface area contributed by atoms with Crippen molar-refractivity contribution in [2.24, 2.45) is 0 Å². The Labute approximate surface area is 193 Å². The molecule has 0 atom stereocenters. The van der Waals surface area contributed by atoms with Crippen molar-refractivity contribution in [1.29, 1.82) is 0 Å². The summed E-state index contributed by atoms with van der Waals surface area (Å²) in [5.41, 5.74) is 0.166. The number of benzene rings is 2. The van der Waals surface area contributed by atoms with Gasteiger partial charge in [0.05, 0.1) is 17.6 Å². The maximum Gasteiger partial charge on any atom is 0.416 e. The Morgan fingerprint density at radius 2 is 1.59 bits per heavy atom. The number of halogens is 4. The van der Waals surface area contributed by atoms with Gasteiger partial charge in [0.1, 0.15) is 17.1 Å². The molecule has 0 aliphatic heterocycles. The van der Waals surface area contributed by atoms with Crippen LogP contribution in [0.1, 0.15) is 49.7 Å². The second-order valence-corrected chi connectivity index (χ2v) is 8.57. The molecule has 3 nitrogen and oxygen atoms in total. The van der Waals surface area contributed by atoms with Crippen LogP contribution >= 0.6 is 15.9 Å². The number of ether oxygens (including phenoxy) is 1. The smallest absolute Gasteiger partial charge is 0.416 e. The molecule has 0 aliphatic rings. The van der Waals surface area contributed by atoms with Gasteiger partial charge in [-0.2, -0.15) is 13.2 Å². The summed E-state index contributed by atoms with van der Waals surface area (Å²) in [6.45, 7) is 2.19. The molecule has 0 aliphatic carbocycles. The molecule has 0 radical (unpaired) electrons. The van der Waals surface area contributed by atoms with Crippen LogP contribution in [0, 0.1) is 6.92 Å². The lowest BCUT2D eigenvalue weighted by molar-refractivity contribution is -0.137. The number of rotatable bonds is 10. The minimum Gasteiger partial charge on any atom is -0.494 e. The van der Waals surface area contributed by atoms with Crippen molar-refractivity contribution in [2.45, 2.75) is 51.6 Å². The summed E-state index contributed by atoms with van der Waals surface area (Å²) in [6, 6.07) is 9.68. The fraction of sp³-hybridized carbons (Fsp3) is 0.400. The number of alkyl halides is 4. The summed E-state index contributed by atoms with van der Waals surface area (Å²) in [6.07, 6.45) is 2.49. The van der Waals surface area contributed by atoms with Gasteiger partial charge in [-0.05, 0) is 50.1 Å². The largest absolute Gasteiger partial charge is 0.494 e. The van der Waals surface area contributed by atoms with Crippen molar-refractivity contribution >= 4 is 26.9 Å². The Hall–Kier alpha value is -2.28. The SMILES string of the molecule is Cc1c(-c2ccc(C(F)(F)F)cc2)oc2ccc(OCCCCCCCCBr)cc2c1=O. The standard InChI is InChI=1S/C25H26BrF3O3/c1-17-23(30)21-16-20(31-15-7-5-3-2-4-6-14-26)12-13-22(21)32-24(17)18-8-10-19(11-9-18)25(27,28)29/h8-13,16H,2-7,14-15H2,1H3. The van der Waals surface area contributed by atoms with Crippen molar-refractivity contribution in [3.05, 3.63) is 63.8 Å². The van der Waals surface area contributed by atoms with E-state index in [-0.39, 0.29) is 11.2 Å². The molecule has 1 aromatic heterocycles. The molecule has 1 heterocycles. The van der Waals surface area contributed by atoms with E-state index in [1.807, 2.05) is 0 Å². The quantitative estimate of drug-likeness (QED) is 0.205. The molecule has 0 amide bonds. The van der Waals surface area contributed by atoms with Crippen molar-refractivity contribution in [3.63, 3.8) is 0 Å². The number of hydrogen-bond donors (Lipinski definition) is 0. The predicted molar refractivity (Wildman–Crippen MR) is 125 cm³/mol. The first-order chi connectivity index (χ1) is 15.3. The molecule has 2 aromatic carbocycles. The molecule has 0 bridgehead atoms. The molecular formula is C25H26BrF3O3. The van der Waals surface area contributed by atoms with Crippen molar-refractivity contribution < 1.29 is 22.3 Å². The molecular weight excluding hydrogens is 485 g/mol. The molecule has 3 aromatic rings. The third-order valence-corrected chi connectivity index (χ3v) is 5.92. The summed E-state index contributed by atoms with van der Waals surface area (Å²) >= 11 is 3.43. The van der Waals surface area contributed by atoms with E-state index in [1.165, 1.54) is 37.8 Å². The van der Waals surface area contributed by atoms with Gasteiger partial charge in [0.2, 0.25) is 0 Å². The van der Waals surface area contributed by atoms with E-state index in [9.17, 15) is 18.0 Å². The van der Waals surface area contributed by atoms with Gasteiger partial charge in [-0.25, -0.2) is 0 Å². The first-order valence-corrected chi connectivity index (χ1v) is 11.9. The third-order valence-electron chi connectivity index (χ3n) is 5.36. The van der Waals surface area contributed by atoms with E-state index in [1.54, 1.807) is 25.1 Å². The molecule has 0 saturated heterocycles. The summed E-state index contributed by atoms with van der Waals surface area (Å²) in [7, 11) is 0. The zero-order valence-electron chi connectivity index (χ0n) is 17.9. The van der Waals surface area contributed by atoms with E-state index < -0.39 is 11.7 Å². The normalized spacial score (nSPS) is 11.8. The van der Waals surface area contributed by atoms with Gasteiger partial charge in [0.25, 0.3) is 0 Å². The molecule has 3 rings (SSSR count). The van der Waals surface area contributed by atoms with Gasteiger partial charge in [-0.1, -0.05) is 53.7 Å². The lowest BCUT2D eigenvalue weighted by atomic mass is 10.0. The molecule has 7 heteroatoms. The molecule has 172 valence electrons. The summed E-state index contributed by atoms with van der Waals surface area (Å²) < 4.78 is 50.1. The van der Waals surface area contributed by atoms with Crippen LogP contribution in [0.4, 0.5) is 13.2 Å². The maximum atomic E-state index is 12.9. The fourth-order valence-corrected chi connectivity index (χ4v) is 3.93. The minimum atomic E-state index is -4.42. The summed E-state index contributed by atoms with van der Waals surface area (Å²) in [5, 5.41) is 1.45. The highest BCUT2D eigenvalue weighted by atomic mass is 79.9. The lowest BCUT2D eigenvalue weighted by Crippen LogP contribution is -2.08. The van der Waals surface area contributed by atoms with Crippen LogP contribution in [-0.4, -0.2) is 11.9 Å². The molecule has 0 spiro atoms. The summed E-state index contributed by atoms with van der Waals surface area (Å²) in [4.78, 5) is 12.9. The zero-order chi connectivity index (χ0) is 23.1. The van der Waals surface area contributed by atoms with Gasteiger partial charge < -0.3 is 9.15 Å². The number of unbranched alkanes of at least 4 members (excludes halogenated alkanes) is 5. The highest BCUT2D eigenvalue weighted by molar-refractivity contribution is 9.09. The number of fused-ring (bicyclic) bond motifs is 1. The van der Waals surface area contributed by atoms with Crippen LogP contribution < -0.4 is 10.2 Å². The molecule has 0 fully saturated rings. The predicted octanol–water partition coefficient (Wildman–Crippen LogP) is 7.90. The Balaban J connectivity index is 1.70. The second kappa shape index (κ2) is 11.0. The van der Waals surface area contributed by atoms with E-state index in [4.69, 9.17) is 9.15 Å². The van der Waals surface area contributed by atoms with Crippen molar-refractivity contribution in [2.75, 3.05) is 11.9 Å². The average molecular weight is 511 g/mol. The van der Waals surface area contributed by atoms with Crippen LogP contribution in [0.2, 0.25) is 0 Å². The fourth-order valence-electron chi connectivity index (χ4n) is 3.54. The zero-order valence-corrected chi connectivity index (χ0v) is 19.5. The van der Waals surface area contributed by atoms with Crippen LogP contribution in [0.15, 0.2) is 51.7 Å². The topological polar surface area (TPSA) is 39.4 Å². The van der Waals surface area contributed by atoms with Crippen LogP contribution in [-0.2, 0) is 6.18 Å². The molecule has 0 N–H and O–H groups in total. The van der Waals surface area contributed by atoms with Gasteiger partial charge in [-0.15, -0.1) is 0 Å². The van der Waals surface area contributed by atoms with E-state index in [0.717, 1.165) is 30.3 Å². The van der Waals surface area contributed by atoms with Gasteiger partial charge in [0, 0.05) is 16.5 Å². The molecule has 0 unspecified atom stereocenters. The van der Waals surface area contributed by atoms with E-state index in [0.29, 0.717) is 34.5 Å². The Morgan fingerprint density at radius 3 is 2.25 bits per heavy atom. The average Bonchev–Trinajstić information content (AvgIpc) is 2.77.